The molecule has 0 spiro atoms. The Kier molecular flexibility index (Phi) is 6.96. The minimum absolute atomic E-state index is 0.0213. The number of methoxy groups -OCH3 is 2. The first-order chi connectivity index (χ1) is 10.0. The normalized spacial score (nSPS) is 14.4. The Hall–Kier alpha value is -1.81. The average molecular weight is 292 g/mol. The molecule has 0 aliphatic carbocycles. The van der Waals surface area contributed by atoms with E-state index < -0.39 is 0 Å². The van der Waals surface area contributed by atoms with E-state index >= 15 is 0 Å². The highest BCUT2D eigenvalue weighted by Crippen LogP contribution is 2.28. The molecule has 2 atom stereocenters. The van der Waals surface area contributed by atoms with Gasteiger partial charge in [-0.3, -0.25) is 4.79 Å². The van der Waals surface area contributed by atoms with E-state index in [1.165, 1.54) is 0 Å². The van der Waals surface area contributed by atoms with Crippen molar-refractivity contribution in [2.45, 2.75) is 33.5 Å². The highest BCUT2D eigenvalue weighted by atomic mass is 16.5. The van der Waals surface area contributed by atoms with Crippen molar-refractivity contribution in [1.82, 2.24) is 0 Å². The highest BCUT2D eigenvalue weighted by Gasteiger charge is 2.12. The summed E-state index contributed by atoms with van der Waals surface area (Å²) in [5.74, 6) is 1.57. The quantitative estimate of drug-likeness (QED) is 0.544. The van der Waals surface area contributed by atoms with Crippen LogP contribution in [0.1, 0.15) is 26.3 Å². The molecule has 4 nitrogen and oxygen atoms in total. The Morgan fingerprint density at radius 3 is 2.43 bits per heavy atom. The van der Waals surface area contributed by atoms with E-state index in [0.717, 1.165) is 17.4 Å². The predicted octanol–water partition coefficient (Wildman–Crippen LogP) is 3.39. The Morgan fingerprint density at radius 2 is 1.86 bits per heavy atom. The van der Waals surface area contributed by atoms with Crippen molar-refractivity contribution in [3.05, 3.63) is 35.4 Å². The number of benzene rings is 1. The molecule has 0 saturated carbocycles. The second-order valence-electron chi connectivity index (χ2n) is 5.09. The largest absolute Gasteiger partial charge is 0.493 e. The molecule has 116 valence electrons. The van der Waals surface area contributed by atoms with E-state index in [1.54, 1.807) is 21.1 Å². The molecule has 1 aromatic rings. The minimum atomic E-state index is 0.0213. The fraction of sp³-hybridized carbons (Fsp3) is 0.471. The average Bonchev–Trinajstić information content (AvgIpc) is 2.51. The smallest absolute Gasteiger partial charge is 0.161 e. The van der Waals surface area contributed by atoms with Crippen molar-refractivity contribution in [3.8, 4) is 11.5 Å². The van der Waals surface area contributed by atoms with Crippen molar-refractivity contribution in [1.29, 1.82) is 0 Å². The van der Waals surface area contributed by atoms with Gasteiger partial charge >= 0.3 is 0 Å². The molecule has 0 bridgehead atoms. The molecule has 0 radical (unpaired) electrons. The first-order valence-electron chi connectivity index (χ1n) is 6.98. The second-order valence-corrected chi connectivity index (χ2v) is 5.09. The molecule has 0 N–H and O–H groups in total. The van der Waals surface area contributed by atoms with Crippen molar-refractivity contribution in [2.24, 2.45) is 5.92 Å². The van der Waals surface area contributed by atoms with Crippen LogP contribution >= 0.6 is 0 Å². The molecule has 0 fully saturated rings. The third kappa shape index (κ3) is 5.23. The van der Waals surface area contributed by atoms with Gasteiger partial charge < -0.3 is 14.2 Å². The molecular weight excluding hydrogens is 268 g/mol. The molecule has 0 aliphatic heterocycles. The number of carbonyl (C=O) groups is 1. The topological polar surface area (TPSA) is 44.8 Å². The fourth-order valence-electron chi connectivity index (χ4n) is 1.94. The number of allylic oxidation sites excluding steroid dienone is 1. The van der Waals surface area contributed by atoms with Gasteiger partial charge in [0, 0.05) is 5.92 Å². The molecule has 1 aromatic carbocycles. The monoisotopic (exact) mass is 292 g/mol. The van der Waals surface area contributed by atoms with Gasteiger partial charge in [-0.2, -0.15) is 0 Å². The van der Waals surface area contributed by atoms with E-state index in [-0.39, 0.29) is 12.0 Å². The maximum Gasteiger partial charge on any atom is 0.161 e. The van der Waals surface area contributed by atoms with E-state index in [9.17, 15) is 4.79 Å². The standard InChI is InChI=1S/C17H24O4/c1-12(10-18)8-13(2)14(3)21-11-15-6-7-16(19-4)17(9-15)20-5/h6-10,13-14H,11H2,1-5H3/b12-8+/t13-,14+/m0/s1. The molecule has 4 heteroatoms. The zero-order chi connectivity index (χ0) is 15.8. The summed E-state index contributed by atoms with van der Waals surface area (Å²) in [5, 5.41) is 0. The van der Waals surface area contributed by atoms with E-state index in [2.05, 4.69) is 0 Å². The lowest BCUT2D eigenvalue weighted by Crippen LogP contribution is -2.16. The minimum Gasteiger partial charge on any atom is -0.493 e. The van der Waals surface area contributed by atoms with Gasteiger partial charge in [0.1, 0.15) is 6.29 Å². The third-order valence-electron chi connectivity index (χ3n) is 3.41. The van der Waals surface area contributed by atoms with Crippen molar-refractivity contribution in [3.63, 3.8) is 0 Å². The second kappa shape index (κ2) is 8.47. The van der Waals surface area contributed by atoms with Crippen LogP contribution in [0.25, 0.3) is 0 Å². The number of rotatable bonds is 8. The van der Waals surface area contributed by atoms with Gasteiger partial charge in [0.2, 0.25) is 0 Å². The zero-order valence-electron chi connectivity index (χ0n) is 13.4. The lowest BCUT2D eigenvalue weighted by Gasteiger charge is -2.18. The highest BCUT2D eigenvalue weighted by molar-refractivity contribution is 5.72. The van der Waals surface area contributed by atoms with Crippen LogP contribution in [0.5, 0.6) is 11.5 Å². The zero-order valence-corrected chi connectivity index (χ0v) is 13.4. The van der Waals surface area contributed by atoms with Gasteiger partial charge in [-0.25, -0.2) is 0 Å². The van der Waals surface area contributed by atoms with Crippen LogP contribution in [0.2, 0.25) is 0 Å². The van der Waals surface area contributed by atoms with Crippen LogP contribution in [0.15, 0.2) is 29.8 Å². The molecular formula is C17H24O4. The molecule has 0 saturated heterocycles. The summed E-state index contributed by atoms with van der Waals surface area (Å²) in [6, 6.07) is 5.72. The van der Waals surface area contributed by atoms with Crippen LogP contribution in [-0.2, 0) is 16.1 Å². The number of carbonyl (C=O) groups excluding carboxylic acids is 1. The summed E-state index contributed by atoms with van der Waals surface area (Å²) in [6.07, 6.45) is 2.80. The number of hydrogen-bond donors (Lipinski definition) is 0. The van der Waals surface area contributed by atoms with Gasteiger partial charge in [-0.15, -0.1) is 0 Å². The van der Waals surface area contributed by atoms with E-state index in [0.29, 0.717) is 18.1 Å². The molecule has 0 aliphatic rings. The van der Waals surface area contributed by atoms with Gasteiger partial charge in [0.25, 0.3) is 0 Å². The number of hydrogen-bond acceptors (Lipinski definition) is 4. The van der Waals surface area contributed by atoms with Crippen molar-refractivity contribution < 1.29 is 19.0 Å². The SMILES string of the molecule is COc1ccc(CO[C@H](C)[C@@H](C)/C=C(\C)C=O)cc1OC. The van der Waals surface area contributed by atoms with E-state index in [4.69, 9.17) is 14.2 Å². The Morgan fingerprint density at radius 1 is 1.19 bits per heavy atom. The summed E-state index contributed by atoms with van der Waals surface area (Å²) in [5.41, 5.74) is 1.74. The van der Waals surface area contributed by atoms with Crippen molar-refractivity contribution in [2.75, 3.05) is 14.2 Å². The predicted molar refractivity (Wildman–Crippen MR) is 82.8 cm³/mol. The maximum atomic E-state index is 10.6. The summed E-state index contributed by atoms with van der Waals surface area (Å²) < 4.78 is 16.3. The van der Waals surface area contributed by atoms with Gasteiger partial charge in [-0.1, -0.05) is 19.1 Å². The summed E-state index contributed by atoms with van der Waals surface area (Å²) in [4.78, 5) is 10.6. The molecule has 0 heterocycles. The maximum absolute atomic E-state index is 10.6. The molecule has 0 unspecified atom stereocenters. The molecule has 1 rings (SSSR count). The first-order valence-corrected chi connectivity index (χ1v) is 6.98. The molecule has 21 heavy (non-hydrogen) atoms. The van der Waals surface area contributed by atoms with Crippen molar-refractivity contribution >= 4 is 6.29 Å². The van der Waals surface area contributed by atoms with Crippen LogP contribution in [0.4, 0.5) is 0 Å². The van der Waals surface area contributed by atoms with E-state index in [1.807, 2.05) is 38.1 Å². The summed E-state index contributed by atoms with van der Waals surface area (Å²) in [6.45, 7) is 6.32. The van der Waals surface area contributed by atoms with Gasteiger partial charge in [-0.05, 0) is 37.1 Å². The number of aldehydes is 1. The Bertz CT molecular complexity index is 494. The Balaban J connectivity index is 2.64. The lowest BCUT2D eigenvalue weighted by molar-refractivity contribution is -0.104. The number of ether oxygens (including phenoxy) is 3. The van der Waals surface area contributed by atoms with Crippen LogP contribution in [0.3, 0.4) is 0 Å². The fourth-order valence-corrected chi connectivity index (χ4v) is 1.94. The van der Waals surface area contributed by atoms with Gasteiger partial charge in [0.05, 0.1) is 26.9 Å². The third-order valence-corrected chi connectivity index (χ3v) is 3.41. The van der Waals surface area contributed by atoms with Gasteiger partial charge in [0.15, 0.2) is 11.5 Å². The molecule has 0 aromatic heterocycles. The first kappa shape index (κ1) is 17.2. The summed E-state index contributed by atoms with van der Waals surface area (Å²) >= 11 is 0. The van der Waals surface area contributed by atoms with Crippen LogP contribution in [0, 0.1) is 5.92 Å². The lowest BCUT2D eigenvalue weighted by atomic mass is 10.0. The van der Waals surface area contributed by atoms with Crippen LogP contribution < -0.4 is 9.47 Å². The Labute approximate surface area is 126 Å². The molecule has 0 amide bonds. The van der Waals surface area contributed by atoms with Crippen LogP contribution in [-0.4, -0.2) is 26.6 Å². The summed E-state index contributed by atoms with van der Waals surface area (Å²) in [7, 11) is 3.22.